The van der Waals surface area contributed by atoms with Crippen LogP contribution in [0.25, 0.3) is 0 Å². The van der Waals surface area contributed by atoms with Gasteiger partial charge in [0.05, 0.1) is 6.54 Å². The Morgan fingerprint density at radius 2 is 1.58 bits per heavy atom. The van der Waals surface area contributed by atoms with Crippen LogP contribution < -0.4 is 9.47 Å². The second-order valence-corrected chi connectivity index (χ2v) is 9.20. The Bertz CT molecular complexity index is 961. The molecule has 0 aliphatic carbocycles. The molecule has 36 heavy (non-hydrogen) atoms. The van der Waals surface area contributed by atoms with Crippen LogP contribution in [-0.4, -0.2) is 54.5 Å². The number of hydrogen-bond acceptors (Lipinski definition) is 5. The average Bonchev–Trinajstić information content (AvgIpc) is 2.84. The molecule has 0 fully saturated rings. The SMILES string of the molecule is CCOC(Cc1ccc(OCCN(CC(CC)CC)C(=O)Oc2c(C)cc(C)cc2C)cc1)C(=O)O. The summed E-state index contributed by atoms with van der Waals surface area (Å²) in [5, 5.41) is 9.27. The Morgan fingerprint density at radius 1 is 0.972 bits per heavy atom. The lowest BCUT2D eigenvalue weighted by Crippen LogP contribution is -2.40. The van der Waals surface area contributed by atoms with E-state index in [2.05, 4.69) is 13.8 Å². The molecule has 0 radical (unpaired) electrons. The lowest BCUT2D eigenvalue weighted by atomic mass is 10.0. The molecule has 1 unspecified atom stereocenters. The van der Waals surface area contributed by atoms with E-state index in [1.165, 1.54) is 0 Å². The molecular formula is C29H41NO6. The van der Waals surface area contributed by atoms with E-state index in [1.54, 1.807) is 11.8 Å². The summed E-state index contributed by atoms with van der Waals surface area (Å²) in [6.45, 7) is 13.6. The largest absolute Gasteiger partial charge is 0.492 e. The molecule has 0 bridgehead atoms. The molecule has 0 aliphatic rings. The highest BCUT2D eigenvalue weighted by Crippen LogP contribution is 2.25. The molecular weight excluding hydrogens is 458 g/mol. The first kappa shape index (κ1) is 29.2. The number of benzene rings is 2. The molecule has 198 valence electrons. The number of carboxylic acids is 1. The van der Waals surface area contributed by atoms with Gasteiger partial charge in [-0.1, -0.05) is 56.5 Å². The third-order valence-electron chi connectivity index (χ3n) is 6.30. The van der Waals surface area contributed by atoms with E-state index in [0.29, 0.717) is 43.7 Å². The van der Waals surface area contributed by atoms with Crippen molar-refractivity contribution >= 4 is 12.1 Å². The van der Waals surface area contributed by atoms with Crippen molar-refractivity contribution in [1.82, 2.24) is 4.90 Å². The van der Waals surface area contributed by atoms with Crippen LogP contribution in [0.4, 0.5) is 4.79 Å². The maximum Gasteiger partial charge on any atom is 0.415 e. The number of aliphatic carboxylic acids is 1. The Kier molecular flexibility index (Phi) is 11.7. The summed E-state index contributed by atoms with van der Waals surface area (Å²) in [6, 6.07) is 11.3. The van der Waals surface area contributed by atoms with Gasteiger partial charge in [0.2, 0.25) is 0 Å². The highest BCUT2D eigenvalue weighted by atomic mass is 16.6. The zero-order chi connectivity index (χ0) is 26.7. The van der Waals surface area contributed by atoms with Crippen molar-refractivity contribution < 1.29 is 28.9 Å². The van der Waals surface area contributed by atoms with Gasteiger partial charge in [0.25, 0.3) is 0 Å². The molecule has 7 heteroatoms. The summed E-state index contributed by atoms with van der Waals surface area (Å²) < 4.78 is 17.0. The summed E-state index contributed by atoms with van der Waals surface area (Å²) in [7, 11) is 0. The van der Waals surface area contributed by atoms with Gasteiger partial charge in [0, 0.05) is 19.6 Å². The van der Waals surface area contributed by atoms with Gasteiger partial charge in [-0.2, -0.15) is 0 Å². The molecule has 2 aromatic rings. The second-order valence-electron chi connectivity index (χ2n) is 9.20. The van der Waals surface area contributed by atoms with Crippen molar-refractivity contribution in [2.75, 3.05) is 26.3 Å². The number of carbonyl (C=O) groups is 2. The van der Waals surface area contributed by atoms with Crippen molar-refractivity contribution in [3.05, 3.63) is 58.7 Å². The third-order valence-corrected chi connectivity index (χ3v) is 6.30. The predicted molar refractivity (Wildman–Crippen MR) is 141 cm³/mol. The molecule has 0 spiro atoms. The maximum absolute atomic E-state index is 13.2. The van der Waals surface area contributed by atoms with E-state index < -0.39 is 12.1 Å². The van der Waals surface area contributed by atoms with Gasteiger partial charge in [-0.3, -0.25) is 0 Å². The summed E-state index contributed by atoms with van der Waals surface area (Å²) in [6.07, 6.45) is 1.00. The van der Waals surface area contributed by atoms with Gasteiger partial charge in [0.15, 0.2) is 6.10 Å². The second kappa shape index (κ2) is 14.5. The fourth-order valence-electron chi connectivity index (χ4n) is 4.22. The zero-order valence-electron chi connectivity index (χ0n) is 22.5. The van der Waals surface area contributed by atoms with E-state index in [4.69, 9.17) is 14.2 Å². The van der Waals surface area contributed by atoms with Crippen molar-refractivity contribution in [3.8, 4) is 11.5 Å². The predicted octanol–water partition coefficient (Wildman–Crippen LogP) is 5.96. The van der Waals surface area contributed by atoms with Crippen molar-refractivity contribution in [3.63, 3.8) is 0 Å². The van der Waals surface area contributed by atoms with Crippen LogP contribution in [-0.2, 0) is 16.0 Å². The molecule has 0 aromatic heterocycles. The minimum absolute atomic E-state index is 0.288. The standard InChI is InChI=1S/C29H41NO6/c1-7-23(8-2)19-30(29(33)36-27-21(5)16-20(4)17-22(27)6)14-15-35-25-12-10-24(11-13-25)18-26(28(31)32)34-9-3/h10-13,16-17,23,26H,7-9,14-15,18-19H2,1-6H3,(H,31,32). The summed E-state index contributed by atoms with van der Waals surface area (Å²) >= 11 is 0. The highest BCUT2D eigenvalue weighted by molar-refractivity contribution is 5.73. The molecule has 1 amide bonds. The Hall–Kier alpha value is -3.06. The lowest BCUT2D eigenvalue weighted by molar-refractivity contribution is -0.149. The van der Waals surface area contributed by atoms with E-state index in [1.807, 2.05) is 57.2 Å². The van der Waals surface area contributed by atoms with Crippen molar-refractivity contribution in [2.24, 2.45) is 5.92 Å². The number of carboxylic acid groups (broad SMARTS) is 1. The first-order valence-electron chi connectivity index (χ1n) is 12.8. The fourth-order valence-corrected chi connectivity index (χ4v) is 4.22. The third kappa shape index (κ3) is 8.86. The topological polar surface area (TPSA) is 85.3 Å². The van der Waals surface area contributed by atoms with Gasteiger partial charge >= 0.3 is 12.1 Å². The van der Waals surface area contributed by atoms with E-state index in [0.717, 1.165) is 35.1 Å². The summed E-state index contributed by atoms with van der Waals surface area (Å²) in [5.41, 5.74) is 3.86. The Morgan fingerprint density at radius 3 is 2.11 bits per heavy atom. The Labute approximate surface area is 215 Å². The maximum atomic E-state index is 13.2. The van der Waals surface area contributed by atoms with Crippen molar-refractivity contribution in [2.45, 2.75) is 66.9 Å². The minimum Gasteiger partial charge on any atom is -0.492 e. The van der Waals surface area contributed by atoms with Crippen LogP contribution in [0.15, 0.2) is 36.4 Å². The monoisotopic (exact) mass is 499 g/mol. The van der Waals surface area contributed by atoms with Gasteiger partial charge in [-0.25, -0.2) is 9.59 Å². The van der Waals surface area contributed by atoms with Crippen molar-refractivity contribution in [1.29, 1.82) is 0 Å². The number of ether oxygens (including phenoxy) is 3. The lowest BCUT2D eigenvalue weighted by Gasteiger charge is -2.26. The molecule has 2 aromatic carbocycles. The van der Waals surface area contributed by atoms with Crippen LogP contribution in [0.5, 0.6) is 11.5 Å². The van der Waals surface area contributed by atoms with Crippen LogP contribution >= 0.6 is 0 Å². The average molecular weight is 500 g/mol. The van der Waals surface area contributed by atoms with Gasteiger partial charge in [0.1, 0.15) is 18.1 Å². The molecule has 0 saturated heterocycles. The smallest absolute Gasteiger partial charge is 0.415 e. The van der Waals surface area contributed by atoms with Crippen LogP contribution in [0.2, 0.25) is 0 Å². The van der Waals surface area contributed by atoms with Gasteiger partial charge < -0.3 is 24.2 Å². The number of hydrogen-bond donors (Lipinski definition) is 1. The number of nitrogens with zero attached hydrogens (tertiary/aromatic N) is 1. The number of aryl methyl sites for hydroxylation is 3. The van der Waals surface area contributed by atoms with Crippen LogP contribution in [0, 0.1) is 26.7 Å². The highest BCUT2D eigenvalue weighted by Gasteiger charge is 2.21. The molecule has 0 aliphatic heterocycles. The normalized spacial score (nSPS) is 11.9. The number of rotatable bonds is 14. The van der Waals surface area contributed by atoms with Crippen LogP contribution in [0.1, 0.15) is 55.9 Å². The molecule has 1 atom stereocenters. The Balaban J connectivity index is 2.02. The minimum atomic E-state index is -0.974. The first-order valence-corrected chi connectivity index (χ1v) is 12.8. The van der Waals surface area contributed by atoms with E-state index in [9.17, 15) is 14.7 Å². The molecule has 2 rings (SSSR count). The summed E-state index contributed by atoms with van der Waals surface area (Å²) in [4.78, 5) is 26.2. The van der Waals surface area contributed by atoms with Gasteiger partial charge in [-0.05, 0) is 62.4 Å². The quantitative estimate of drug-likeness (QED) is 0.345. The zero-order valence-corrected chi connectivity index (χ0v) is 22.5. The molecule has 1 N–H and O–H groups in total. The molecule has 7 nitrogen and oxygen atoms in total. The number of carbonyl (C=O) groups excluding carboxylic acids is 1. The molecule has 0 heterocycles. The number of amides is 1. The van der Waals surface area contributed by atoms with Gasteiger partial charge in [-0.15, -0.1) is 0 Å². The van der Waals surface area contributed by atoms with E-state index in [-0.39, 0.29) is 12.5 Å². The first-order chi connectivity index (χ1) is 17.2. The van der Waals surface area contributed by atoms with E-state index >= 15 is 0 Å². The van der Waals surface area contributed by atoms with Crippen LogP contribution in [0.3, 0.4) is 0 Å². The molecule has 0 saturated carbocycles. The fraction of sp³-hybridized carbons (Fsp3) is 0.517. The summed E-state index contributed by atoms with van der Waals surface area (Å²) in [5.74, 6) is 0.675.